The van der Waals surface area contributed by atoms with Crippen molar-refractivity contribution in [3.8, 4) is 22.8 Å². The predicted octanol–water partition coefficient (Wildman–Crippen LogP) is 4.03. The third kappa shape index (κ3) is 3.70. The number of hydrogen-bond donors (Lipinski definition) is 3. The van der Waals surface area contributed by atoms with Crippen LogP contribution >= 0.6 is 23.2 Å². The molecule has 1 aromatic carbocycles. The van der Waals surface area contributed by atoms with Gasteiger partial charge in [0.15, 0.2) is 5.75 Å². The number of benzene rings is 1. The second-order valence-corrected chi connectivity index (χ2v) is 6.02. The molecule has 128 valence electrons. The molecule has 25 heavy (non-hydrogen) atoms. The monoisotopic (exact) mass is 378 g/mol. The summed E-state index contributed by atoms with van der Waals surface area (Å²) in [5, 5.41) is 23.0. The average Bonchev–Trinajstić information content (AvgIpc) is 2.60. The Kier molecular flexibility index (Phi) is 4.83. The van der Waals surface area contributed by atoms with E-state index < -0.39 is 11.2 Å². The van der Waals surface area contributed by atoms with Crippen LogP contribution in [0.3, 0.4) is 0 Å². The molecule has 0 saturated heterocycles. The Labute approximate surface area is 152 Å². The molecule has 0 spiro atoms. The molecule has 0 fully saturated rings. The molecule has 0 aliphatic rings. The molecule has 3 rings (SSSR count). The van der Waals surface area contributed by atoms with Gasteiger partial charge in [0, 0.05) is 17.1 Å². The lowest BCUT2D eigenvalue weighted by Crippen LogP contribution is -2.05. The molecule has 0 aliphatic heterocycles. The van der Waals surface area contributed by atoms with E-state index in [1.165, 1.54) is 18.5 Å². The van der Waals surface area contributed by atoms with Crippen LogP contribution in [-0.4, -0.2) is 15.2 Å². The summed E-state index contributed by atoms with van der Waals surface area (Å²) in [5.74, 6) is -0.518. The van der Waals surface area contributed by atoms with Gasteiger partial charge in [-0.1, -0.05) is 23.2 Å². The van der Waals surface area contributed by atoms with Crippen LogP contribution in [0.5, 0.6) is 11.5 Å². The van der Waals surface area contributed by atoms with Crippen molar-refractivity contribution in [3.05, 3.63) is 68.8 Å². The Morgan fingerprint density at radius 1 is 1.16 bits per heavy atom. The average molecular weight is 379 g/mol. The normalized spacial score (nSPS) is 10.6. The van der Waals surface area contributed by atoms with Crippen LogP contribution in [0.2, 0.25) is 10.0 Å². The summed E-state index contributed by atoms with van der Waals surface area (Å²) in [7, 11) is 0. The molecule has 0 radical (unpaired) electrons. The number of nitrogens with zero attached hydrogens (tertiary/aromatic N) is 1. The summed E-state index contributed by atoms with van der Waals surface area (Å²) in [5.41, 5.74) is 1.16. The lowest BCUT2D eigenvalue weighted by molar-refractivity contribution is 0.430. The Bertz CT molecular complexity index is 971. The molecule has 0 unspecified atom stereocenters. The van der Waals surface area contributed by atoms with Crippen LogP contribution in [0.15, 0.2) is 52.2 Å². The smallest absolute Gasteiger partial charge is 0.235 e. The molecule has 0 bridgehead atoms. The van der Waals surface area contributed by atoms with E-state index in [1.807, 2.05) is 0 Å². The van der Waals surface area contributed by atoms with Gasteiger partial charge in [-0.3, -0.25) is 9.78 Å². The number of aromatic hydroxyl groups is 2. The summed E-state index contributed by atoms with van der Waals surface area (Å²) in [6.07, 6.45) is 3.70. The zero-order chi connectivity index (χ0) is 18.0. The quantitative estimate of drug-likeness (QED) is 0.634. The first-order valence-electron chi connectivity index (χ1n) is 7.12. The number of rotatable bonds is 4. The summed E-state index contributed by atoms with van der Waals surface area (Å²) in [6, 6.07) is 6.38. The number of halogens is 2. The second-order valence-electron chi connectivity index (χ2n) is 5.18. The number of anilines is 1. The van der Waals surface area contributed by atoms with Crippen LogP contribution in [0.25, 0.3) is 11.3 Å². The van der Waals surface area contributed by atoms with Crippen molar-refractivity contribution in [1.82, 2.24) is 4.98 Å². The van der Waals surface area contributed by atoms with Gasteiger partial charge in [-0.15, -0.1) is 0 Å². The first-order chi connectivity index (χ1) is 12.0. The summed E-state index contributed by atoms with van der Waals surface area (Å²) >= 11 is 11.8. The molecule has 3 N–H and O–H groups in total. The van der Waals surface area contributed by atoms with Gasteiger partial charge in [-0.25, -0.2) is 0 Å². The Morgan fingerprint density at radius 2 is 1.96 bits per heavy atom. The first-order valence-corrected chi connectivity index (χ1v) is 7.88. The molecule has 0 amide bonds. The highest BCUT2D eigenvalue weighted by Crippen LogP contribution is 2.31. The minimum atomic E-state index is -0.557. The number of nitrogens with one attached hydrogen (secondary N) is 1. The molecule has 3 aromatic rings. The molecule has 0 atom stereocenters. The van der Waals surface area contributed by atoms with Crippen molar-refractivity contribution in [2.45, 2.75) is 6.54 Å². The number of aromatic nitrogens is 1. The van der Waals surface area contributed by atoms with Crippen LogP contribution in [-0.2, 0) is 6.54 Å². The molecule has 2 heterocycles. The lowest BCUT2D eigenvalue weighted by Gasteiger charge is -2.10. The van der Waals surface area contributed by atoms with E-state index in [0.717, 1.165) is 6.26 Å². The van der Waals surface area contributed by atoms with E-state index >= 15 is 0 Å². The number of phenolic OH excluding ortho intramolecular Hbond substituents is 1. The Balaban J connectivity index is 1.78. The van der Waals surface area contributed by atoms with Crippen molar-refractivity contribution in [3.63, 3.8) is 0 Å². The highest BCUT2D eigenvalue weighted by Gasteiger charge is 2.10. The van der Waals surface area contributed by atoms with Gasteiger partial charge >= 0.3 is 0 Å². The fourth-order valence-electron chi connectivity index (χ4n) is 2.20. The van der Waals surface area contributed by atoms with Gasteiger partial charge in [0.2, 0.25) is 5.43 Å². The van der Waals surface area contributed by atoms with Gasteiger partial charge in [0.1, 0.15) is 18.3 Å². The van der Waals surface area contributed by atoms with Crippen molar-refractivity contribution in [2.24, 2.45) is 0 Å². The van der Waals surface area contributed by atoms with Crippen molar-refractivity contribution in [1.29, 1.82) is 0 Å². The van der Waals surface area contributed by atoms with E-state index in [-0.39, 0.29) is 22.9 Å². The van der Waals surface area contributed by atoms with E-state index in [2.05, 4.69) is 10.3 Å². The van der Waals surface area contributed by atoms with Crippen LogP contribution in [0.4, 0.5) is 5.69 Å². The second kappa shape index (κ2) is 7.04. The zero-order valence-electron chi connectivity index (χ0n) is 12.7. The molecule has 0 aliphatic carbocycles. The third-order valence-electron chi connectivity index (χ3n) is 3.47. The van der Waals surface area contributed by atoms with Crippen LogP contribution in [0, 0.1) is 0 Å². The zero-order valence-corrected chi connectivity index (χ0v) is 14.2. The SMILES string of the molecule is O=c1c(O)cocc1-c1ccc(NCc2cc(Cl)cc(Cl)c2O)cn1. The van der Waals surface area contributed by atoms with E-state index in [4.69, 9.17) is 27.6 Å². The standard InChI is InChI=1S/C17H12Cl2N2O4/c18-10-3-9(16(23)13(19)4-10)5-20-11-1-2-14(21-6-11)12-7-25-8-15(22)17(12)24/h1-4,6-8,20,22-23H,5H2. The fraction of sp³-hybridized carbons (Fsp3) is 0.0588. The highest BCUT2D eigenvalue weighted by molar-refractivity contribution is 6.35. The fourth-order valence-corrected chi connectivity index (χ4v) is 2.73. The summed E-state index contributed by atoms with van der Waals surface area (Å²) < 4.78 is 4.89. The predicted molar refractivity (Wildman–Crippen MR) is 95.3 cm³/mol. The number of phenols is 1. The molecule has 2 aromatic heterocycles. The maximum Gasteiger partial charge on any atom is 0.235 e. The van der Waals surface area contributed by atoms with E-state index in [1.54, 1.807) is 18.2 Å². The molecule has 6 nitrogen and oxygen atoms in total. The molecular weight excluding hydrogens is 367 g/mol. The van der Waals surface area contributed by atoms with E-state index in [0.29, 0.717) is 22.0 Å². The van der Waals surface area contributed by atoms with Gasteiger partial charge < -0.3 is 19.9 Å². The van der Waals surface area contributed by atoms with Crippen molar-refractivity contribution >= 4 is 28.9 Å². The lowest BCUT2D eigenvalue weighted by atomic mass is 10.1. The van der Waals surface area contributed by atoms with E-state index in [9.17, 15) is 15.0 Å². The van der Waals surface area contributed by atoms with Gasteiger partial charge in [-0.05, 0) is 24.3 Å². The minimum absolute atomic E-state index is 0.0412. The molecular formula is C17H12Cl2N2O4. The topological polar surface area (TPSA) is 95.6 Å². The van der Waals surface area contributed by atoms with Gasteiger partial charge in [0.05, 0.1) is 28.2 Å². The third-order valence-corrected chi connectivity index (χ3v) is 3.98. The van der Waals surface area contributed by atoms with Crippen molar-refractivity contribution in [2.75, 3.05) is 5.32 Å². The van der Waals surface area contributed by atoms with Crippen LogP contribution in [0.1, 0.15) is 5.56 Å². The number of pyridine rings is 1. The van der Waals surface area contributed by atoms with Crippen molar-refractivity contribution < 1.29 is 14.6 Å². The van der Waals surface area contributed by atoms with Gasteiger partial charge in [0.25, 0.3) is 0 Å². The molecule has 8 heteroatoms. The Morgan fingerprint density at radius 3 is 2.68 bits per heavy atom. The van der Waals surface area contributed by atoms with Gasteiger partial charge in [-0.2, -0.15) is 0 Å². The maximum absolute atomic E-state index is 11.8. The molecule has 0 saturated carbocycles. The summed E-state index contributed by atoms with van der Waals surface area (Å²) in [4.78, 5) is 16.0. The maximum atomic E-state index is 11.8. The number of hydrogen-bond acceptors (Lipinski definition) is 6. The van der Waals surface area contributed by atoms with Crippen LogP contribution < -0.4 is 10.7 Å². The largest absolute Gasteiger partial charge is 0.506 e. The minimum Gasteiger partial charge on any atom is -0.506 e. The summed E-state index contributed by atoms with van der Waals surface area (Å²) in [6.45, 7) is 0.279. The first kappa shape index (κ1) is 17.1. The highest BCUT2D eigenvalue weighted by atomic mass is 35.5. The Hall–Kier alpha value is -2.70.